The molecule has 3 rings (SSSR count). The van der Waals surface area contributed by atoms with Crippen LogP contribution in [0.15, 0.2) is 22.9 Å². The number of para-hydroxylation sites is 1. The summed E-state index contributed by atoms with van der Waals surface area (Å²) in [6.45, 7) is 2.07. The number of nitrogens with one attached hydrogen (secondary N) is 1. The summed E-state index contributed by atoms with van der Waals surface area (Å²) in [4.78, 5) is 4.40. The Morgan fingerprint density at radius 2 is 2.12 bits per heavy atom. The van der Waals surface area contributed by atoms with E-state index in [2.05, 4.69) is 30.8 Å². The fourth-order valence-electron chi connectivity index (χ4n) is 2.49. The summed E-state index contributed by atoms with van der Waals surface area (Å²) in [5, 5.41) is 13.2. The number of fused-ring (bicyclic) bond motifs is 1. The zero-order valence-electron chi connectivity index (χ0n) is 9.36. The molecule has 0 atom stereocenters. The molecule has 1 aliphatic heterocycles. The van der Waals surface area contributed by atoms with Gasteiger partial charge in [-0.2, -0.15) is 0 Å². The first kappa shape index (κ1) is 11.0. The number of hydrogen-bond donors (Lipinski definition) is 2. The van der Waals surface area contributed by atoms with Crippen LogP contribution in [0.3, 0.4) is 0 Å². The molecule has 0 bridgehead atoms. The Kier molecular flexibility index (Phi) is 2.80. The Bertz CT molecular complexity index is 546. The summed E-state index contributed by atoms with van der Waals surface area (Å²) in [6, 6.07) is 6.00. The number of piperidine rings is 1. The van der Waals surface area contributed by atoms with Crippen LogP contribution >= 0.6 is 15.9 Å². The lowest BCUT2D eigenvalue weighted by Gasteiger charge is -2.25. The molecule has 17 heavy (non-hydrogen) atoms. The molecular weight excluding hydrogens is 282 g/mol. The highest BCUT2D eigenvalue weighted by Crippen LogP contribution is 2.32. The van der Waals surface area contributed by atoms with Gasteiger partial charge in [-0.1, -0.05) is 6.07 Å². The lowest BCUT2D eigenvalue weighted by molar-refractivity contribution is 0.370. The van der Waals surface area contributed by atoms with Crippen LogP contribution in [-0.2, 0) is 0 Å². The van der Waals surface area contributed by atoms with Gasteiger partial charge in [0.25, 0.3) is 0 Å². The van der Waals surface area contributed by atoms with E-state index in [0.29, 0.717) is 11.6 Å². The van der Waals surface area contributed by atoms with Crippen LogP contribution in [0, 0.1) is 0 Å². The molecule has 2 aromatic rings. The van der Waals surface area contributed by atoms with Crippen molar-refractivity contribution in [2.45, 2.75) is 18.9 Å². The van der Waals surface area contributed by atoms with Crippen molar-refractivity contribution in [2.24, 2.45) is 0 Å². The van der Waals surface area contributed by atoms with Crippen molar-refractivity contribution in [1.29, 1.82) is 0 Å². The third kappa shape index (κ3) is 1.83. The summed E-state index contributed by atoms with van der Waals surface area (Å²) in [5.74, 6) is 0.246. The predicted octanol–water partition coefficient (Wildman–Crippen LogP) is 2.43. The number of nitrogens with zero attached hydrogens (tertiary/aromatic N) is 2. The van der Waals surface area contributed by atoms with Gasteiger partial charge in [-0.05, 0) is 54.0 Å². The second-order valence-electron chi connectivity index (χ2n) is 4.38. The molecule has 0 spiro atoms. The van der Waals surface area contributed by atoms with E-state index in [1.165, 1.54) is 0 Å². The zero-order chi connectivity index (χ0) is 11.8. The number of benzene rings is 1. The van der Waals surface area contributed by atoms with Gasteiger partial charge >= 0.3 is 0 Å². The maximum absolute atomic E-state index is 9.80. The van der Waals surface area contributed by atoms with Crippen molar-refractivity contribution in [1.82, 2.24) is 14.9 Å². The van der Waals surface area contributed by atoms with Crippen molar-refractivity contribution in [3.63, 3.8) is 0 Å². The Labute approximate surface area is 108 Å². The average molecular weight is 296 g/mol. The van der Waals surface area contributed by atoms with E-state index in [4.69, 9.17) is 0 Å². The molecule has 1 aromatic heterocycles. The molecule has 1 aromatic carbocycles. The highest BCUT2D eigenvalue weighted by Gasteiger charge is 2.20. The smallest absolute Gasteiger partial charge is 0.178 e. The lowest BCUT2D eigenvalue weighted by atomic mass is 10.1. The van der Waals surface area contributed by atoms with Gasteiger partial charge in [0.1, 0.15) is 11.3 Å². The Balaban J connectivity index is 2.14. The summed E-state index contributed by atoms with van der Waals surface area (Å²) in [7, 11) is 0. The highest BCUT2D eigenvalue weighted by molar-refractivity contribution is 9.10. The maximum Gasteiger partial charge on any atom is 0.178 e. The number of phenols is 1. The first-order valence-corrected chi connectivity index (χ1v) is 6.63. The molecule has 0 saturated carbocycles. The van der Waals surface area contributed by atoms with Crippen molar-refractivity contribution < 1.29 is 5.11 Å². The monoisotopic (exact) mass is 295 g/mol. The van der Waals surface area contributed by atoms with Gasteiger partial charge < -0.3 is 15.0 Å². The highest BCUT2D eigenvalue weighted by atomic mass is 79.9. The van der Waals surface area contributed by atoms with Gasteiger partial charge in [0, 0.05) is 6.04 Å². The van der Waals surface area contributed by atoms with Crippen LogP contribution < -0.4 is 5.32 Å². The van der Waals surface area contributed by atoms with E-state index in [1.54, 1.807) is 6.07 Å². The first-order chi connectivity index (χ1) is 8.27. The molecule has 0 radical (unpaired) electrons. The van der Waals surface area contributed by atoms with E-state index in [9.17, 15) is 5.11 Å². The standard InChI is InChI=1S/C12H14BrN3O/c13-12-15-11-9(2-1-3-10(11)17)16(12)8-4-6-14-7-5-8/h1-3,8,14,17H,4-7H2. The van der Waals surface area contributed by atoms with E-state index in [1.807, 2.05) is 12.1 Å². The predicted molar refractivity (Wildman–Crippen MR) is 70.2 cm³/mol. The second-order valence-corrected chi connectivity index (χ2v) is 5.09. The summed E-state index contributed by atoms with van der Waals surface area (Å²) < 4.78 is 3.00. The molecule has 5 heteroatoms. The SMILES string of the molecule is Oc1cccc2c1nc(Br)n2C1CCNCC1. The number of imidazole rings is 1. The van der Waals surface area contributed by atoms with Gasteiger partial charge in [-0.15, -0.1) is 0 Å². The van der Waals surface area contributed by atoms with Crippen LogP contribution in [0.5, 0.6) is 5.75 Å². The quantitative estimate of drug-likeness (QED) is 0.850. The van der Waals surface area contributed by atoms with Crippen molar-refractivity contribution in [3.8, 4) is 5.75 Å². The van der Waals surface area contributed by atoms with Gasteiger partial charge in [-0.25, -0.2) is 4.98 Å². The third-order valence-electron chi connectivity index (χ3n) is 3.33. The first-order valence-electron chi connectivity index (χ1n) is 5.83. The molecule has 2 N–H and O–H groups in total. The normalized spacial score (nSPS) is 17.7. The number of hydrogen-bond acceptors (Lipinski definition) is 3. The van der Waals surface area contributed by atoms with Gasteiger partial charge in [0.15, 0.2) is 4.73 Å². The van der Waals surface area contributed by atoms with Gasteiger partial charge in [-0.3, -0.25) is 0 Å². The van der Waals surface area contributed by atoms with Crippen molar-refractivity contribution in [3.05, 3.63) is 22.9 Å². The summed E-state index contributed by atoms with van der Waals surface area (Å²) >= 11 is 3.50. The second kappa shape index (κ2) is 4.31. The summed E-state index contributed by atoms with van der Waals surface area (Å²) in [6.07, 6.45) is 2.19. The van der Waals surface area contributed by atoms with Crippen LogP contribution in [-0.4, -0.2) is 27.7 Å². The van der Waals surface area contributed by atoms with Crippen LogP contribution in [0.25, 0.3) is 11.0 Å². The molecule has 0 amide bonds. The topological polar surface area (TPSA) is 50.1 Å². The molecule has 1 aliphatic rings. The number of aromatic nitrogens is 2. The number of aromatic hydroxyl groups is 1. The molecular formula is C12H14BrN3O. The molecule has 0 aliphatic carbocycles. The summed E-state index contributed by atoms with van der Waals surface area (Å²) in [5.41, 5.74) is 1.68. The number of rotatable bonds is 1. The average Bonchev–Trinajstić information content (AvgIpc) is 2.68. The Morgan fingerprint density at radius 1 is 1.35 bits per heavy atom. The van der Waals surface area contributed by atoms with Gasteiger partial charge in [0.05, 0.1) is 5.52 Å². The van der Waals surface area contributed by atoms with Crippen LogP contribution in [0.4, 0.5) is 0 Å². The van der Waals surface area contributed by atoms with E-state index >= 15 is 0 Å². The van der Waals surface area contributed by atoms with Gasteiger partial charge in [0.2, 0.25) is 0 Å². The fraction of sp³-hybridized carbons (Fsp3) is 0.417. The lowest BCUT2D eigenvalue weighted by Crippen LogP contribution is -2.29. The molecule has 2 heterocycles. The minimum Gasteiger partial charge on any atom is -0.506 e. The van der Waals surface area contributed by atoms with E-state index in [-0.39, 0.29) is 5.75 Å². The van der Waals surface area contributed by atoms with Crippen molar-refractivity contribution >= 4 is 27.0 Å². The largest absolute Gasteiger partial charge is 0.506 e. The number of halogens is 1. The van der Waals surface area contributed by atoms with Crippen molar-refractivity contribution in [2.75, 3.05) is 13.1 Å². The molecule has 1 saturated heterocycles. The maximum atomic E-state index is 9.80. The minimum absolute atomic E-state index is 0.246. The molecule has 4 nitrogen and oxygen atoms in total. The van der Waals surface area contributed by atoms with E-state index < -0.39 is 0 Å². The molecule has 1 fully saturated rings. The fourth-order valence-corrected chi connectivity index (χ4v) is 3.14. The minimum atomic E-state index is 0.246. The molecule has 90 valence electrons. The van der Waals surface area contributed by atoms with E-state index in [0.717, 1.165) is 36.2 Å². The Hall–Kier alpha value is -1.07. The Morgan fingerprint density at radius 3 is 2.88 bits per heavy atom. The van der Waals surface area contributed by atoms with Crippen LogP contribution in [0.1, 0.15) is 18.9 Å². The van der Waals surface area contributed by atoms with Crippen LogP contribution in [0.2, 0.25) is 0 Å². The molecule has 0 unspecified atom stereocenters. The number of phenolic OH excluding ortho intramolecular Hbond substituents is 1. The third-order valence-corrected chi connectivity index (χ3v) is 3.89. The zero-order valence-corrected chi connectivity index (χ0v) is 10.9.